The van der Waals surface area contributed by atoms with Gasteiger partial charge in [-0.1, -0.05) is 13.8 Å². The van der Waals surface area contributed by atoms with E-state index in [2.05, 4.69) is 18.7 Å². The molecule has 1 N–H and O–H groups in total. The molecule has 0 aromatic carbocycles. The van der Waals surface area contributed by atoms with E-state index < -0.39 is 0 Å². The van der Waals surface area contributed by atoms with E-state index in [0.29, 0.717) is 0 Å². The Bertz CT molecular complexity index is 168. The molecule has 2 heteroatoms. The average molecular weight is 213 g/mol. The molecule has 0 amide bonds. The van der Waals surface area contributed by atoms with Crippen molar-refractivity contribution >= 4 is 0 Å². The highest BCUT2D eigenvalue weighted by Crippen LogP contribution is 2.24. The van der Waals surface area contributed by atoms with Crippen molar-refractivity contribution in [1.82, 2.24) is 4.90 Å². The summed E-state index contributed by atoms with van der Waals surface area (Å²) in [4.78, 5) is 2.52. The van der Waals surface area contributed by atoms with Crippen molar-refractivity contribution in [2.45, 2.75) is 52.6 Å². The van der Waals surface area contributed by atoms with Gasteiger partial charge in [-0.25, -0.2) is 0 Å². The minimum Gasteiger partial charge on any atom is -0.393 e. The molecule has 0 bridgehead atoms. The van der Waals surface area contributed by atoms with Crippen LogP contribution in [0, 0.1) is 11.8 Å². The van der Waals surface area contributed by atoms with Crippen LogP contribution in [-0.2, 0) is 0 Å². The van der Waals surface area contributed by atoms with Crippen LogP contribution < -0.4 is 0 Å². The normalized spacial score (nSPS) is 26.6. The lowest BCUT2D eigenvalue weighted by molar-refractivity contribution is 0.156. The lowest BCUT2D eigenvalue weighted by atomic mass is 9.89. The Labute approximate surface area is 94.7 Å². The van der Waals surface area contributed by atoms with E-state index in [9.17, 15) is 5.11 Å². The van der Waals surface area contributed by atoms with Crippen LogP contribution in [0.25, 0.3) is 0 Å². The summed E-state index contributed by atoms with van der Waals surface area (Å²) in [7, 11) is 0. The van der Waals surface area contributed by atoms with Crippen LogP contribution in [0.15, 0.2) is 0 Å². The Morgan fingerprint density at radius 2 is 1.93 bits per heavy atom. The van der Waals surface area contributed by atoms with Crippen molar-refractivity contribution in [1.29, 1.82) is 0 Å². The largest absolute Gasteiger partial charge is 0.393 e. The van der Waals surface area contributed by atoms with Gasteiger partial charge in [-0.05, 0) is 57.5 Å². The summed E-state index contributed by atoms with van der Waals surface area (Å²) >= 11 is 0. The summed E-state index contributed by atoms with van der Waals surface area (Å²) < 4.78 is 0. The summed E-state index contributed by atoms with van der Waals surface area (Å²) in [5.41, 5.74) is 0. The fraction of sp³-hybridized carbons (Fsp3) is 1.00. The van der Waals surface area contributed by atoms with Crippen LogP contribution >= 0.6 is 0 Å². The number of likely N-dealkylation sites (tertiary alicyclic amines) is 1. The molecule has 1 aliphatic heterocycles. The number of nitrogens with zero attached hydrogens (tertiary/aromatic N) is 1. The lowest BCUT2D eigenvalue weighted by Crippen LogP contribution is -2.28. The van der Waals surface area contributed by atoms with Gasteiger partial charge in [0, 0.05) is 6.54 Å². The molecule has 1 aliphatic rings. The smallest absolute Gasteiger partial charge is 0.0524 e. The molecule has 2 unspecified atom stereocenters. The van der Waals surface area contributed by atoms with E-state index in [1.807, 2.05) is 6.92 Å². The molecule has 0 aromatic heterocycles. The second kappa shape index (κ2) is 6.49. The molecule has 2 nitrogen and oxygen atoms in total. The number of hydrogen-bond donors (Lipinski definition) is 1. The second-order valence-corrected chi connectivity index (χ2v) is 5.41. The third kappa shape index (κ3) is 4.98. The SMILES string of the molecule is CC(O)CCN1CCCC(C(C)C)CC1. The summed E-state index contributed by atoms with van der Waals surface area (Å²) in [6, 6.07) is 0. The van der Waals surface area contributed by atoms with Gasteiger partial charge in [0.25, 0.3) is 0 Å². The van der Waals surface area contributed by atoms with E-state index in [0.717, 1.165) is 24.8 Å². The van der Waals surface area contributed by atoms with E-state index >= 15 is 0 Å². The fourth-order valence-electron chi connectivity index (χ4n) is 2.44. The molecule has 15 heavy (non-hydrogen) atoms. The molecule has 1 fully saturated rings. The predicted molar refractivity (Wildman–Crippen MR) is 64.9 cm³/mol. The van der Waals surface area contributed by atoms with Crippen molar-refractivity contribution < 1.29 is 5.11 Å². The van der Waals surface area contributed by atoms with E-state index in [4.69, 9.17) is 0 Å². The highest BCUT2D eigenvalue weighted by molar-refractivity contribution is 4.72. The average Bonchev–Trinajstić information content (AvgIpc) is 2.39. The van der Waals surface area contributed by atoms with Gasteiger partial charge in [-0.3, -0.25) is 0 Å². The molecule has 0 spiro atoms. The van der Waals surface area contributed by atoms with Gasteiger partial charge in [0.1, 0.15) is 0 Å². The standard InChI is InChI=1S/C13H27NO/c1-11(2)13-5-4-8-14(10-7-13)9-6-12(3)15/h11-13,15H,4-10H2,1-3H3. The third-order valence-electron chi connectivity index (χ3n) is 3.67. The van der Waals surface area contributed by atoms with E-state index in [-0.39, 0.29) is 6.10 Å². The summed E-state index contributed by atoms with van der Waals surface area (Å²) in [6.07, 6.45) is 4.85. The highest BCUT2D eigenvalue weighted by Gasteiger charge is 2.19. The van der Waals surface area contributed by atoms with Crippen LogP contribution in [-0.4, -0.2) is 35.7 Å². The molecular formula is C13H27NO. The van der Waals surface area contributed by atoms with Gasteiger partial charge in [0.05, 0.1) is 6.10 Å². The second-order valence-electron chi connectivity index (χ2n) is 5.41. The molecule has 1 saturated heterocycles. The molecule has 0 aliphatic carbocycles. The van der Waals surface area contributed by atoms with Gasteiger partial charge in [0.2, 0.25) is 0 Å². The maximum absolute atomic E-state index is 9.27. The first-order valence-electron chi connectivity index (χ1n) is 6.50. The van der Waals surface area contributed by atoms with Gasteiger partial charge in [0.15, 0.2) is 0 Å². The Hall–Kier alpha value is -0.0800. The van der Waals surface area contributed by atoms with Crippen molar-refractivity contribution in [3.05, 3.63) is 0 Å². The maximum Gasteiger partial charge on any atom is 0.0524 e. The van der Waals surface area contributed by atoms with Gasteiger partial charge < -0.3 is 10.0 Å². The van der Waals surface area contributed by atoms with Crippen molar-refractivity contribution in [2.75, 3.05) is 19.6 Å². The summed E-state index contributed by atoms with van der Waals surface area (Å²) in [5, 5.41) is 9.27. The molecule has 0 radical (unpaired) electrons. The summed E-state index contributed by atoms with van der Waals surface area (Å²) in [5.74, 6) is 1.75. The monoisotopic (exact) mass is 213 g/mol. The third-order valence-corrected chi connectivity index (χ3v) is 3.67. The molecular weight excluding hydrogens is 186 g/mol. The van der Waals surface area contributed by atoms with Crippen molar-refractivity contribution in [3.63, 3.8) is 0 Å². The Morgan fingerprint density at radius 1 is 1.20 bits per heavy atom. The Balaban J connectivity index is 2.26. The zero-order chi connectivity index (χ0) is 11.3. The minimum atomic E-state index is -0.144. The topological polar surface area (TPSA) is 23.5 Å². The first-order chi connectivity index (χ1) is 7.09. The highest BCUT2D eigenvalue weighted by atomic mass is 16.3. The Kier molecular flexibility index (Phi) is 5.62. The molecule has 0 saturated carbocycles. The van der Waals surface area contributed by atoms with Gasteiger partial charge in [-0.15, -0.1) is 0 Å². The van der Waals surface area contributed by atoms with Crippen LogP contribution in [0.2, 0.25) is 0 Å². The molecule has 1 heterocycles. The minimum absolute atomic E-state index is 0.144. The quantitative estimate of drug-likeness (QED) is 0.775. The number of hydrogen-bond acceptors (Lipinski definition) is 2. The van der Waals surface area contributed by atoms with Gasteiger partial charge in [-0.2, -0.15) is 0 Å². The molecule has 2 atom stereocenters. The first kappa shape index (κ1) is 13.0. The zero-order valence-corrected chi connectivity index (χ0v) is 10.6. The van der Waals surface area contributed by atoms with Gasteiger partial charge >= 0.3 is 0 Å². The predicted octanol–water partition coefficient (Wildman–Crippen LogP) is 2.52. The van der Waals surface area contributed by atoms with Crippen LogP contribution in [0.4, 0.5) is 0 Å². The number of aliphatic hydroxyl groups excluding tert-OH is 1. The van der Waals surface area contributed by atoms with E-state index in [1.54, 1.807) is 0 Å². The maximum atomic E-state index is 9.27. The van der Waals surface area contributed by atoms with Crippen LogP contribution in [0.1, 0.15) is 46.5 Å². The first-order valence-corrected chi connectivity index (χ1v) is 6.50. The molecule has 1 rings (SSSR count). The molecule has 90 valence electrons. The zero-order valence-electron chi connectivity index (χ0n) is 10.6. The lowest BCUT2D eigenvalue weighted by Gasteiger charge is -2.21. The van der Waals surface area contributed by atoms with Crippen molar-refractivity contribution in [3.8, 4) is 0 Å². The van der Waals surface area contributed by atoms with Crippen molar-refractivity contribution in [2.24, 2.45) is 11.8 Å². The Morgan fingerprint density at radius 3 is 2.53 bits per heavy atom. The molecule has 0 aromatic rings. The number of aliphatic hydroxyl groups is 1. The summed E-state index contributed by atoms with van der Waals surface area (Å²) in [6.45, 7) is 10.1. The number of rotatable bonds is 4. The van der Waals surface area contributed by atoms with Crippen LogP contribution in [0.3, 0.4) is 0 Å². The van der Waals surface area contributed by atoms with E-state index in [1.165, 1.54) is 32.4 Å². The van der Waals surface area contributed by atoms with Crippen LogP contribution in [0.5, 0.6) is 0 Å². The fourth-order valence-corrected chi connectivity index (χ4v) is 2.44.